The molecule has 0 amide bonds. The number of hydrogen-bond donors (Lipinski definition) is 2. The zero-order valence-corrected chi connectivity index (χ0v) is 16.2. The van der Waals surface area contributed by atoms with E-state index in [0.717, 1.165) is 12.8 Å². The predicted molar refractivity (Wildman–Crippen MR) is 102 cm³/mol. The second-order valence-electron chi connectivity index (χ2n) is 6.07. The van der Waals surface area contributed by atoms with Crippen molar-refractivity contribution in [2.45, 2.75) is 43.7 Å². The highest BCUT2D eigenvalue weighted by molar-refractivity contribution is 14.0. The van der Waals surface area contributed by atoms with Crippen molar-refractivity contribution in [1.29, 1.82) is 0 Å². The molecule has 1 saturated carbocycles. The van der Waals surface area contributed by atoms with Crippen LogP contribution in [0.1, 0.15) is 37.7 Å². The van der Waals surface area contributed by atoms with E-state index in [1.165, 1.54) is 18.4 Å². The normalized spacial score (nSPS) is 17.2. The van der Waals surface area contributed by atoms with Gasteiger partial charge in [-0.15, -0.1) is 24.0 Å². The molecular formula is C17H25F3IN3. The molecule has 0 aliphatic heterocycles. The number of nitrogens with zero attached hydrogens (tertiary/aromatic N) is 1. The zero-order chi connectivity index (χ0) is 16.8. The van der Waals surface area contributed by atoms with Gasteiger partial charge in [0.1, 0.15) is 0 Å². The van der Waals surface area contributed by atoms with Crippen LogP contribution < -0.4 is 10.6 Å². The highest BCUT2D eigenvalue weighted by Crippen LogP contribution is 2.40. The second kappa shape index (κ2) is 9.48. The largest absolute Gasteiger partial charge is 0.390 e. The molecule has 3 nitrogen and oxygen atoms in total. The Hall–Kier alpha value is -0.990. The topological polar surface area (TPSA) is 36.4 Å². The van der Waals surface area contributed by atoms with E-state index in [1.807, 2.05) is 18.2 Å². The monoisotopic (exact) mass is 455 g/mol. The van der Waals surface area contributed by atoms with Gasteiger partial charge in [-0.2, -0.15) is 13.2 Å². The van der Waals surface area contributed by atoms with Crippen LogP contribution in [0.15, 0.2) is 35.3 Å². The average molecular weight is 455 g/mol. The Labute approximate surface area is 158 Å². The first kappa shape index (κ1) is 21.1. The zero-order valence-electron chi connectivity index (χ0n) is 13.8. The minimum absolute atomic E-state index is 0. The lowest BCUT2D eigenvalue weighted by Crippen LogP contribution is -2.45. The maximum Gasteiger partial charge on any atom is 0.390 e. The quantitative estimate of drug-likeness (QED) is 0.396. The van der Waals surface area contributed by atoms with Crippen LogP contribution in [0, 0.1) is 0 Å². The Morgan fingerprint density at radius 3 is 2.29 bits per heavy atom. The minimum Gasteiger partial charge on any atom is -0.356 e. The van der Waals surface area contributed by atoms with Crippen LogP contribution >= 0.6 is 24.0 Å². The third-order valence-electron chi connectivity index (χ3n) is 4.47. The summed E-state index contributed by atoms with van der Waals surface area (Å²) in [4.78, 5) is 4.02. The SMILES string of the molecule is CN=C(NCCC(F)(F)F)NCC1(c2ccccc2)CCCC1.I. The van der Waals surface area contributed by atoms with Gasteiger partial charge < -0.3 is 10.6 Å². The van der Waals surface area contributed by atoms with Crippen LogP contribution in [-0.4, -0.2) is 32.3 Å². The number of guanidine groups is 1. The summed E-state index contributed by atoms with van der Waals surface area (Å²) in [5.74, 6) is 0.427. The van der Waals surface area contributed by atoms with Gasteiger partial charge in [0.15, 0.2) is 5.96 Å². The number of halogens is 4. The van der Waals surface area contributed by atoms with Crippen molar-refractivity contribution in [3.8, 4) is 0 Å². The number of aliphatic imine (C=N–C) groups is 1. The molecule has 24 heavy (non-hydrogen) atoms. The molecule has 1 aromatic rings. The molecule has 1 aliphatic rings. The van der Waals surface area contributed by atoms with Crippen molar-refractivity contribution in [2.24, 2.45) is 4.99 Å². The van der Waals surface area contributed by atoms with E-state index in [-0.39, 0.29) is 35.9 Å². The fraction of sp³-hybridized carbons (Fsp3) is 0.588. The second-order valence-corrected chi connectivity index (χ2v) is 6.07. The van der Waals surface area contributed by atoms with Gasteiger partial charge in [-0.1, -0.05) is 43.2 Å². The summed E-state index contributed by atoms with van der Waals surface area (Å²) in [7, 11) is 1.58. The minimum atomic E-state index is -4.15. The van der Waals surface area contributed by atoms with Gasteiger partial charge >= 0.3 is 6.18 Å². The van der Waals surface area contributed by atoms with Crippen LogP contribution in [0.2, 0.25) is 0 Å². The molecule has 0 spiro atoms. The van der Waals surface area contributed by atoms with E-state index in [1.54, 1.807) is 7.05 Å². The summed E-state index contributed by atoms with van der Waals surface area (Å²) in [5.41, 5.74) is 1.33. The maximum absolute atomic E-state index is 12.2. The summed E-state index contributed by atoms with van der Waals surface area (Å²) in [6.45, 7) is 0.518. The molecule has 1 fully saturated rings. The van der Waals surface area contributed by atoms with Crippen molar-refractivity contribution in [3.05, 3.63) is 35.9 Å². The maximum atomic E-state index is 12.2. The van der Waals surface area contributed by atoms with Gasteiger partial charge in [-0.3, -0.25) is 4.99 Å². The first-order valence-electron chi connectivity index (χ1n) is 8.02. The van der Waals surface area contributed by atoms with Crippen molar-refractivity contribution >= 4 is 29.9 Å². The van der Waals surface area contributed by atoms with Crippen LogP contribution in [0.4, 0.5) is 13.2 Å². The summed E-state index contributed by atoms with van der Waals surface area (Å²) < 4.78 is 36.7. The number of alkyl halides is 3. The van der Waals surface area contributed by atoms with Crippen molar-refractivity contribution in [2.75, 3.05) is 20.1 Å². The molecule has 0 heterocycles. The highest BCUT2D eigenvalue weighted by atomic mass is 127. The molecule has 0 unspecified atom stereocenters. The first-order chi connectivity index (χ1) is 11.0. The Kier molecular flexibility index (Phi) is 8.32. The Morgan fingerprint density at radius 2 is 1.75 bits per heavy atom. The van der Waals surface area contributed by atoms with E-state index in [0.29, 0.717) is 12.5 Å². The van der Waals surface area contributed by atoms with E-state index in [2.05, 4.69) is 27.8 Å². The lowest BCUT2D eigenvalue weighted by Gasteiger charge is -2.30. The molecule has 0 bridgehead atoms. The van der Waals surface area contributed by atoms with Gasteiger partial charge in [0.2, 0.25) is 0 Å². The summed E-state index contributed by atoms with van der Waals surface area (Å²) >= 11 is 0. The van der Waals surface area contributed by atoms with Crippen molar-refractivity contribution in [1.82, 2.24) is 10.6 Å². The molecule has 2 N–H and O–H groups in total. The molecule has 7 heteroatoms. The molecule has 2 rings (SSSR count). The number of benzene rings is 1. The van der Waals surface area contributed by atoms with E-state index in [4.69, 9.17) is 0 Å². The molecule has 0 radical (unpaired) electrons. The van der Waals surface area contributed by atoms with Crippen LogP contribution in [-0.2, 0) is 5.41 Å². The molecule has 0 atom stereocenters. The van der Waals surface area contributed by atoms with Gasteiger partial charge in [0.05, 0.1) is 6.42 Å². The summed E-state index contributed by atoms with van der Waals surface area (Å²) in [6.07, 6.45) is -0.486. The van der Waals surface area contributed by atoms with Crippen molar-refractivity contribution < 1.29 is 13.2 Å². The average Bonchev–Trinajstić information content (AvgIpc) is 3.00. The number of rotatable bonds is 5. The Balaban J connectivity index is 0.00000288. The van der Waals surface area contributed by atoms with Gasteiger partial charge in [0.25, 0.3) is 0 Å². The lowest BCUT2D eigenvalue weighted by molar-refractivity contribution is -0.132. The highest BCUT2D eigenvalue weighted by Gasteiger charge is 2.35. The fourth-order valence-corrected chi connectivity index (χ4v) is 3.21. The number of nitrogens with one attached hydrogen (secondary N) is 2. The molecule has 0 saturated heterocycles. The standard InChI is InChI=1S/C17H24F3N3.HI/c1-21-15(22-12-11-17(18,19)20)23-13-16(9-5-6-10-16)14-7-3-2-4-8-14;/h2-4,7-8H,5-6,9-13H2,1H3,(H2,21,22,23);1H. The molecule has 1 aromatic carbocycles. The summed E-state index contributed by atoms with van der Waals surface area (Å²) in [6, 6.07) is 10.3. The van der Waals surface area contributed by atoms with E-state index >= 15 is 0 Å². The summed E-state index contributed by atoms with van der Waals surface area (Å²) in [5, 5.41) is 5.95. The molecule has 1 aliphatic carbocycles. The van der Waals surface area contributed by atoms with Gasteiger partial charge in [-0.25, -0.2) is 0 Å². The fourth-order valence-electron chi connectivity index (χ4n) is 3.21. The third kappa shape index (κ3) is 6.14. The molecule has 0 aromatic heterocycles. The van der Waals surface area contributed by atoms with Gasteiger partial charge in [-0.05, 0) is 18.4 Å². The molecule has 136 valence electrons. The smallest absolute Gasteiger partial charge is 0.356 e. The van der Waals surface area contributed by atoms with Crippen LogP contribution in [0.25, 0.3) is 0 Å². The Morgan fingerprint density at radius 1 is 1.12 bits per heavy atom. The van der Waals surface area contributed by atoms with E-state index in [9.17, 15) is 13.2 Å². The number of hydrogen-bond acceptors (Lipinski definition) is 1. The van der Waals surface area contributed by atoms with E-state index < -0.39 is 12.6 Å². The van der Waals surface area contributed by atoms with Crippen LogP contribution in [0.5, 0.6) is 0 Å². The van der Waals surface area contributed by atoms with Crippen molar-refractivity contribution in [3.63, 3.8) is 0 Å². The van der Waals surface area contributed by atoms with Crippen LogP contribution in [0.3, 0.4) is 0 Å². The predicted octanol–water partition coefficient (Wildman–Crippen LogP) is 4.23. The Bertz CT molecular complexity index is 512. The van der Waals surface area contributed by atoms with Gasteiger partial charge in [0, 0.05) is 25.6 Å². The lowest BCUT2D eigenvalue weighted by atomic mass is 9.79. The third-order valence-corrected chi connectivity index (χ3v) is 4.47. The first-order valence-corrected chi connectivity index (χ1v) is 8.02. The molecular weight excluding hydrogens is 430 g/mol.